The van der Waals surface area contributed by atoms with E-state index in [0.29, 0.717) is 18.1 Å². The predicted molar refractivity (Wildman–Crippen MR) is 85.1 cm³/mol. The Balaban J connectivity index is 2.19. The van der Waals surface area contributed by atoms with Crippen molar-refractivity contribution < 1.29 is 8.42 Å². The molecule has 3 N–H and O–H groups in total. The largest absolute Gasteiger partial charge is 0.330 e. The smallest absolute Gasteiger partial charge is 0.240 e. The average Bonchev–Trinajstić information content (AvgIpc) is 2.42. The molecule has 21 heavy (non-hydrogen) atoms. The van der Waals surface area contributed by atoms with Crippen molar-refractivity contribution >= 4 is 15.9 Å². The fourth-order valence-corrected chi connectivity index (χ4v) is 3.56. The molecule has 6 nitrogen and oxygen atoms in total. The van der Waals surface area contributed by atoms with Gasteiger partial charge >= 0.3 is 0 Å². The number of amidine groups is 1. The lowest BCUT2D eigenvalue weighted by Gasteiger charge is -2.27. The number of allylic oxidation sites excluding steroid dienone is 3. The summed E-state index contributed by atoms with van der Waals surface area (Å²) in [5.74, 6) is 1.16. The minimum absolute atomic E-state index is 0.215. The van der Waals surface area contributed by atoms with Gasteiger partial charge in [-0.05, 0) is 34.2 Å². The van der Waals surface area contributed by atoms with Crippen molar-refractivity contribution in [2.24, 2.45) is 4.99 Å². The minimum atomic E-state index is -3.48. The van der Waals surface area contributed by atoms with E-state index >= 15 is 0 Å². The van der Waals surface area contributed by atoms with E-state index in [-0.39, 0.29) is 6.17 Å². The Morgan fingerprint density at radius 2 is 2.05 bits per heavy atom. The van der Waals surface area contributed by atoms with Gasteiger partial charge in [-0.1, -0.05) is 23.8 Å². The second-order valence-corrected chi connectivity index (χ2v) is 7.22. The summed E-state index contributed by atoms with van der Waals surface area (Å²) in [5, 5.41) is 5.49. The Labute approximate surface area is 126 Å². The second-order valence-electron chi connectivity index (χ2n) is 5.32. The summed E-state index contributed by atoms with van der Waals surface area (Å²) in [6.45, 7) is 5.61. The molecule has 0 bridgehead atoms. The van der Waals surface area contributed by atoms with Gasteiger partial charge < -0.3 is 5.32 Å². The molecule has 1 heterocycles. The molecule has 0 fully saturated rings. The molecule has 2 atom stereocenters. The van der Waals surface area contributed by atoms with Crippen LogP contribution in [0.15, 0.2) is 40.2 Å². The molecule has 0 aromatic rings. The zero-order valence-corrected chi connectivity index (χ0v) is 13.6. The number of sulfonamides is 1. The van der Waals surface area contributed by atoms with Crippen LogP contribution in [-0.2, 0) is 10.0 Å². The summed E-state index contributed by atoms with van der Waals surface area (Å²) in [5.41, 5.74) is 1.91. The summed E-state index contributed by atoms with van der Waals surface area (Å²) in [4.78, 5) is 4.36. The normalized spacial score (nSPS) is 26.1. The van der Waals surface area contributed by atoms with Crippen LogP contribution in [0.2, 0.25) is 0 Å². The van der Waals surface area contributed by atoms with Crippen molar-refractivity contribution in [3.63, 3.8) is 0 Å². The molecule has 0 saturated heterocycles. The number of hydrogen-bond acceptors (Lipinski definition) is 5. The first-order chi connectivity index (χ1) is 9.83. The van der Waals surface area contributed by atoms with Gasteiger partial charge in [-0.15, -0.1) is 0 Å². The first-order valence-corrected chi connectivity index (χ1v) is 8.44. The number of rotatable bonds is 4. The molecule has 2 aliphatic rings. The van der Waals surface area contributed by atoms with Crippen molar-refractivity contribution in [3.8, 4) is 0 Å². The van der Waals surface area contributed by atoms with E-state index in [2.05, 4.69) is 20.3 Å². The van der Waals surface area contributed by atoms with E-state index in [1.165, 1.54) is 0 Å². The zero-order valence-electron chi connectivity index (χ0n) is 12.8. The van der Waals surface area contributed by atoms with Crippen molar-refractivity contribution in [1.29, 1.82) is 0 Å². The van der Waals surface area contributed by atoms with Crippen LogP contribution in [0.25, 0.3) is 0 Å². The average molecular weight is 310 g/mol. The Hall–Kier alpha value is -1.60. The highest BCUT2D eigenvalue weighted by atomic mass is 32.2. The van der Waals surface area contributed by atoms with Crippen LogP contribution in [0.5, 0.6) is 0 Å². The zero-order chi connectivity index (χ0) is 15.6. The summed E-state index contributed by atoms with van der Waals surface area (Å²) >= 11 is 0. The number of aliphatic imine (C=N–C) groups is 1. The standard InChI is InChI=1S/C14H22N4O2S/c1-9-5-7-12(8-6-9)21(19,20)18-14-10(2)13(15-4)16-11(3)17-14/h5-7,12-13,15,18H,8H2,1-4H3,(H,16,17). The van der Waals surface area contributed by atoms with Gasteiger partial charge in [-0.3, -0.25) is 10.0 Å². The van der Waals surface area contributed by atoms with Crippen molar-refractivity contribution in [2.45, 2.75) is 38.6 Å². The molecule has 1 aliphatic heterocycles. The molecule has 0 aromatic heterocycles. The van der Waals surface area contributed by atoms with Crippen LogP contribution in [-0.4, -0.2) is 32.7 Å². The van der Waals surface area contributed by atoms with E-state index in [1.807, 2.05) is 26.0 Å². The Morgan fingerprint density at radius 3 is 2.62 bits per heavy atom. The summed E-state index contributed by atoms with van der Waals surface area (Å²) in [6.07, 6.45) is 5.78. The van der Waals surface area contributed by atoms with E-state index in [4.69, 9.17) is 0 Å². The SMILES string of the molecule is CNC1N=C(C)NC(NS(=O)(=O)C2C=CC(C)=CC2)=C1C. The minimum Gasteiger partial charge on any atom is -0.330 e. The third kappa shape index (κ3) is 3.54. The van der Waals surface area contributed by atoms with Gasteiger partial charge in [0.25, 0.3) is 0 Å². The third-order valence-corrected chi connectivity index (χ3v) is 5.23. The van der Waals surface area contributed by atoms with Gasteiger partial charge in [-0.25, -0.2) is 13.4 Å². The molecule has 0 spiro atoms. The van der Waals surface area contributed by atoms with Crippen LogP contribution in [0, 0.1) is 0 Å². The molecule has 0 saturated carbocycles. The van der Waals surface area contributed by atoms with Crippen molar-refractivity contribution in [1.82, 2.24) is 15.4 Å². The molecular weight excluding hydrogens is 288 g/mol. The number of likely N-dealkylation sites (N-methyl/N-ethyl adjacent to an activating group) is 1. The molecule has 0 radical (unpaired) electrons. The quantitative estimate of drug-likeness (QED) is 0.723. The van der Waals surface area contributed by atoms with E-state index in [9.17, 15) is 8.42 Å². The molecule has 2 unspecified atom stereocenters. The van der Waals surface area contributed by atoms with Gasteiger partial charge in [0, 0.05) is 5.57 Å². The van der Waals surface area contributed by atoms with Gasteiger partial charge in [-0.2, -0.15) is 0 Å². The van der Waals surface area contributed by atoms with Gasteiger partial charge in [0.05, 0.1) is 0 Å². The number of nitrogens with zero attached hydrogens (tertiary/aromatic N) is 1. The highest BCUT2D eigenvalue weighted by Gasteiger charge is 2.27. The predicted octanol–water partition coefficient (Wildman–Crippen LogP) is 0.979. The third-order valence-electron chi connectivity index (χ3n) is 3.60. The van der Waals surface area contributed by atoms with E-state index < -0.39 is 15.3 Å². The van der Waals surface area contributed by atoms with Gasteiger partial charge in [0.2, 0.25) is 10.0 Å². The Kier molecular flexibility index (Phi) is 4.53. The van der Waals surface area contributed by atoms with Crippen molar-refractivity contribution in [2.75, 3.05) is 7.05 Å². The number of nitrogens with one attached hydrogen (secondary N) is 3. The maximum Gasteiger partial charge on any atom is 0.240 e. The van der Waals surface area contributed by atoms with E-state index in [0.717, 1.165) is 11.1 Å². The fourth-order valence-electron chi connectivity index (χ4n) is 2.28. The monoisotopic (exact) mass is 310 g/mol. The Bertz CT molecular complexity index is 644. The summed E-state index contributed by atoms with van der Waals surface area (Å²) in [6, 6.07) is 0. The molecule has 7 heteroatoms. The lowest BCUT2D eigenvalue weighted by atomic mass is 10.1. The maximum absolute atomic E-state index is 12.5. The summed E-state index contributed by atoms with van der Waals surface area (Å²) < 4.78 is 27.6. The van der Waals surface area contributed by atoms with E-state index in [1.54, 1.807) is 20.0 Å². The molecule has 116 valence electrons. The van der Waals surface area contributed by atoms with Gasteiger partial charge in [0.15, 0.2) is 0 Å². The van der Waals surface area contributed by atoms with Crippen LogP contribution in [0.3, 0.4) is 0 Å². The molecule has 2 rings (SSSR count). The Morgan fingerprint density at radius 1 is 1.33 bits per heavy atom. The summed E-state index contributed by atoms with van der Waals surface area (Å²) in [7, 11) is -1.69. The lowest BCUT2D eigenvalue weighted by Crippen LogP contribution is -2.45. The first-order valence-electron chi connectivity index (χ1n) is 6.89. The molecule has 0 aromatic carbocycles. The number of hydrogen-bond donors (Lipinski definition) is 3. The van der Waals surface area contributed by atoms with Crippen LogP contribution in [0.1, 0.15) is 27.2 Å². The lowest BCUT2D eigenvalue weighted by molar-refractivity contribution is 0.573. The van der Waals surface area contributed by atoms with Crippen LogP contribution in [0.4, 0.5) is 0 Å². The maximum atomic E-state index is 12.5. The molecular formula is C14H22N4O2S. The van der Waals surface area contributed by atoms with Gasteiger partial charge in [0.1, 0.15) is 23.1 Å². The second kappa shape index (κ2) is 6.03. The van der Waals surface area contributed by atoms with Crippen LogP contribution >= 0.6 is 0 Å². The van der Waals surface area contributed by atoms with Crippen LogP contribution < -0.4 is 15.4 Å². The topological polar surface area (TPSA) is 82.6 Å². The highest BCUT2D eigenvalue weighted by Crippen LogP contribution is 2.18. The first kappa shape index (κ1) is 15.8. The highest BCUT2D eigenvalue weighted by molar-refractivity contribution is 7.90. The molecule has 0 amide bonds. The fraction of sp³-hybridized carbons (Fsp3) is 0.500. The van der Waals surface area contributed by atoms with Crippen molar-refractivity contribution in [3.05, 3.63) is 35.2 Å². The molecule has 1 aliphatic carbocycles.